The van der Waals surface area contributed by atoms with Gasteiger partial charge in [-0.1, -0.05) is 60.7 Å². The van der Waals surface area contributed by atoms with Crippen LogP contribution in [0.1, 0.15) is 62.1 Å². The lowest BCUT2D eigenvalue weighted by Gasteiger charge is -2.07. The molecule has 12 heteroatoms. The van der Waals surface area contributed by atoms with Gasteiger partial charge < -0.3 is 20.1 Å². The zero-order chi connectivity index (χ0) is 31.1. The smallest absolute Gasteiger partial charge is 0.372 e. The molecule has 4 aromatic rings. The summed E-state index contributed by atoms with van der Waals surface area (Å²) in [5, 5.41) is 34.3. The molecule has 0 saturated heterocycles. The third-order valence-electron chi connectivity index (χ3n) is 5.05. The molecule has 0 aliphatic carbocycles. The Morgan fingerprint density at radius 3 is 1.05 bits per heavy atom. The second-order valence-electron chi connectivity index (χ2n) is 7.79. The molecule has 0 radical (unpaired) electrons. The van der Waals surface area contributed by atoms with Gasteiger partial charge in [0, 0.05) is 0 Å². The van der Waals surface area contributed by atoms with E-state index in [1.807, 2.05) is 0 Å². The summed E-state index contributed by atoms with van der Waals surface area (Å²) in [6.07, 6.45) is 0. The maximum Gasteiger partial charge on any atom is 0.372 e. The van der Waals surface area contributed by atoms with Gasteiger partial charge in [0.25, 0.3) is 0 Å². The topological polar surface area (TPSA) is 202 Å². The average Bonchev–Trinajstić information content (AvgIpc) is 3.02. The summed E-state index contributed by atoms with van der Waals surface area (Å²) in [6, 6.07) is 27.0. The molecule has 214 valence electrons. The van der Waals surface area contributed by atoms with E-state index in [0.717, 1.165) is 0 Å². The van der Waals surface area contributed by atoms with Crippen molar-refractivity contribution in [3.05, 3.63) is 143 Å². The standard InChI is InChI=1S/C16H10O7.C7H6O3.C7H6O2/c17-13(18)9-5-1-3-7-11(9)15(21)23-16(22)12-8-4-2-6-10(12)14(19)20;8-7(10-9)6-4-2-1-3-5-6;8-7(9)6-4-2-1-3-5-6/h1-8H,(H,17,18)(H,19,20);1-5,9H;1-5H,(H,8,9). The third-order valence-corrected chi connectivity index (χ3v) is 5.05. The van der Waals surface area contributed by atoms with Crippen molar-refractivity contribution in [3.8, 4) is 0 Å². The molecule has 42 heavy (non-hydrogen) atoms. The van der Waals surface area contributed by atoms with E-state index in [2.05, 4.69) is 9.62 Å². The van der Waals surface area contributed by atoms with Crippen molar-refractivity contribution in [3.63, 3.8) is 0 Å². The lowest BCUT2D eigenvalue weighted by Crippen LogP contribution is -2.18. The molecule has 4 aromatic carbocycles. The van der Waals surface area contributed by atoms with Crippen LogP contribution in [-0.4, -0.2) is 56.4 Å². The van der Waals surface area contributed by atoms with Crippen LogP contribution in [0.25, 0.3) is 0 Å². The van der Waals surface area contributed by atoms with E-state index in [4.69, 9.17) is 20.6 Å². The Labute approximate surface area is 237 Å². The molecule has 0 atom stereocenters. The van der Waals surface area contributed by atoms with E-state index in [-0.39, 0.29) is 22.3 Å². The Balaban J connectivity index is 0.000000265. The van der Waals surface area contributed by atoms with Gasteiger partial charge in [-0.2, -0.15) is 5.26 Å². The predicted molar refractivity (Wildman–Crippen MR) is 144 cm³/mol. The van der Waals surface area contributed by atoms with Crippen molar-refractivity contribution in [2.45, 2.75) is 0 Å². The first-order valence-electron chi connectivity index (χ1n) is 11.7. The molecular formula is C30H22O12. The molecule has 0 amide bonds. The number of carbonyl (C=O) groups excluding carboxylic acids is 3. The van der Waals surface area contributed by atoms with E-state index < -0.39 is 35.8 Å². The van der Waals surface area contributed by atoms with Gasteiger partial charge >= 0.3 is 35.8 Å². The van der Waals surface area contributed by atoms with E-state index in [1.54, 1.807) is 60.7 Å². The quantitative estimate of drug-likeness (QED) is 0.106. The first-order valence-corrected chi connectivity index (χ1v) is 11.7. The number of benzene rings is 4. The van der Waals surface area contributed by atoms with Crippen molar-refractivity contribution < 1.29 is 59.0 Å². The molecule has 12 nitrogen and oxygen atoms in total. The highest BCUT2D eigenvalue weighted by Crippen LogP contribution is 2.14. The molecule has 0 spiro atoms. The zero-order valence-electron chi connectivity index (χ0n) is 21.4. The van der Waals surface area contributed by atoms with Crippen LogP contribution in [0.15, 0.2) is 109 Å². The molecule has 0 bridgehead atoms. The van der Waals surface area contributed by atoms with Gasteiger partial charge in [-0.15, -0.1) is 0 Å². The van der Waals surface area contributed by atoms with E-state index in [1.165, 1.54) is 48.5 Å². The van der Waals surface area contributed by atoms with E-state index in [0.29, 0.717) is 11.1 Å². The Morgan fingerprint density at radius 2 is 0.738 bits per heavy atom. The minimum absolute atomic E-state index is 0.304. The molecule has 0 fully saturated rings. The maximum atomic E-state index is 12.0. The number of carboxylic acids is 3. The first-order chi connectivity index (χ1) is 20.1. The van der Waals surface area contributed by atoms with Crippen molar-refractivity contribution in [1.82, 2.24) is 0 Å². The SMILES string of the molecule is O=C(O)c1ccccc1.O=C(O)c1ccccc1C(=O)OC(=O)c1ccccc1C(=O)O.O=C(OO)c1ccccc1. The fraction of sp³-hybridized carbons (Fsp3) is 0. The number of ether oxygens (including phenoxy) is 1. The highest BCUT2D eigenvalue weighted by atomic mass is 17.1. The fourth-order valence-corrected chi connectivity index (χ4v) is 3.10. The van der Waals surface area contributed by atoms with Gasteiger partial charge in [-0.25, -0.2) is 28.8 Å². The van der Waals surface area contributed by atoms with Gasteiger partial charge in [0.2, 0.25) is 0 Å². The molecule has 0 aliphatic rings. The van der Waals surface area contributed by atoms with Crippen molar-refractivity contribution in [2.75, 3.05) is 0 Å². The highest BCUT2D eigenvalue weighted by Gasteiger charge is 2.23. The number of hydrogen-bond donors (Lipinski definition) is 4. The van der Waals surface area contributed by atoms with E-state index in [9.17, 15) is 28.8 Å². The zero-order valence-corrected chi connectivity index (χ0v) is 21.4. The van der Waals surface area contributed by atoms with Crippen LogP contribution < -0.4 is 0 Å². The minimum atomic E-state index is -1.35. The fourth-order valence-electron chi connectivity index (χ4n) is 3.10. The van der Waals surface area contributed by atoms with Crippen molar-refractivity contribution in [1.29, 1.82) is 0 Å². The minimum Gasteiger partial charge on any atom is -0.478 e. The van der Waals surface area contributed by atoms with Crippen molar-refractivity contribution in [2.24, 2.45) is 0 Å². The highest BCUT2D eigenvalue weighted by molar-refractivity contribution is 6.10. The van der Waals surface area contributed by atoms with Crippen LogP contribution in [0.3, 0.4) is 0 Å². The molecule has 0 unspecified atom stereocenters. The number of esters is 2. The summed E-state index contributed by atoms with van der Waals surface area (Å²) in [4.78, 5) is 70.3. The van der Waals surface area contributed by atoms with Crippen LogP contribution in [0.2, 0.25) is 0 Å². The van der Waals surface area contributed by atoms with Gasteiger partial charge in [0.15, 0.2) is 0 Å². The molecular weight excluding hydrogens is 552 g/mol. The third kappa shape index (κ3) is 9.55. The van der Waals surface area contributed by atoms with E-state index >= 15 is 0 Å². The largest absolute Gasteiger partial charge is 0.478 e. The van der Waals surface area contributed by atoms with Crippen LogP contribution in [0.4, 0.5) is 0 Å². The molecule has 0 saturated carbocycles. The Morgan fingerprint density at radius 1 is 0.405 bits per heavy atom. The summed E-state index contributed by atoms with van der Waals surface area (Å²) in [6.45, 7) is 0. The second kappa shape index (κ2) is 16.1. The predicted octanol–water partition coefficient (Wildman–Crippen LogP) is 4.78. The van der Waals surface area contributed by atoms with Crippen LogP contribution in [-0.2, 0) is 9.62 Å². The Kier molecular flexibility index (Phi) is 12.3. The number of hydrogen-bond acceptors (Lipinski definition) is 9. The second-order valence-corrected chi connectivity index (χ2v) is 7.79. The number of carbonyl (C=O) groups is 6. The van der Waals surface area contributed by atoms with Gasteiger partial charge in [0.1, 0.15) is 0 Å². The monoisotopic (exact) mass is 574 g/mol. The van der Waals surface area contributed by atoms with Crippen LogP contribution in [0.5, 0.6) is 0 Å². The maximum absolute atomic E-state index is 12.0. The van der Waals surface area contributed by atoms with Crippen molar-refractivity contribution >= 4 is 35.8 Å². The first kappa shape index (κ1) is 32.1. The summed E-state index contributed by atoms with van der Waals surface area (Å²) >= 11 is 0. The summed E-state index contributed by atoms with van der Waals surface area (Å²) in [5.41, 5.74) is -0.585. The molecule has 4 N–H and O–H groups in total. The summed E-state index contributed by atoms with van der Waals surface area (Å²) in [5.74, 6) is -6.66. The lowest BCUT2D eigenvalue weighted by molar-refractivity contribution is -0.182. The number of aromatic carboxylic acids is 3. The Hall–Kier alpha value is -6.14. The molecule has 0 aliphatic heterocycles. The molecule has 4 rings (SSSR count). The summed E-state index contributed by atoms with van der Waals surface area (Å²) < 4.78 is 4.60. The van der Waals surface area contributed by atoms with Gasteiger partial charge in [0.05, 0.1) is 33.4 Å². The lowest BCUT2D eigenvalue weighted by atomic mass is 10.1. The summed E-state index contributed by atoms with van der Waals surface area (Å²) in [7, 11) is 0. The van der Waals surface area contributed by atoms with Crippen LogP contribution in [0, 0.1) is 0 Å². The van der Waals surface area contributed by atoms with Crippen LogP contribution >= 0.6 is 0 Å². The molecule has 0 aromatic heterocycles. The average molecular weight is 574 g/mol. The normalized spacial score (nSPS) is 9.45. The van der Waals surface area contributed by atoms with Gasteiger partial charge in [-0.3, -0.25) is 4.89 Å². The number of carboxylic acid groups (broad SMARTS) is 3. The van der Waals surface area contributed by atoms with Gasteiger partial charge in [-0.05, 0) is 48.5 Å². The number of rotatable bonds is 6. The Bertz CT molecular complexity index is 1500. The molecule has 0 heterocycles.